The maximum atomic E-state index is 12.6. The zero-order valence-electron chi connectivity index (χ0n) is 33.8. The Bertz CT molecular complexity index is 915. The lowest BCUT2D eigenvalue weighted by Gasteiger charge is -2.28. The van der Waals surface area contributed by atoms with E-state index in [1.54, 1.807) is 0 Å². The second-order valence-corrected chi connectivity index (χ2v) is 16.4. The molecule has 0 aliphatic rings. The Labute approximate surface area is 315 Å². The molecule has 0 spiro atoms. The van der Waals surface area contributed by atoms with E-state index in [9.17, 15) is 14.3 Å². The fraction of sp³-hybridized carbons (Fsp3) is 0.833. The molecule has 0 radical (unpaired) electrons. The summed E-state index contributed by atoms with van der Waals surface area (Å²) in [6.07, 6.45) is 40.0. The number of phosphoric ester groups is 1. The number of phosphoric acid groups is 1. The third-order valence-electron chi connectivity index (χ3n) is 8.71. The average Bonchev–Trinajstić information content (AvgIpc) is 3.08. The van der Waals surface area contributed by atoms with E-state index in [0.29, 0.717) is 24.1 Å². The quantitative estimate of drug-likeness (QED) is 0.0204. The van der Waals surface area contributed by atoms with Crippen LogP contribution in [0.2, 0.25) is 0 Å². The maximum Gasteiger partial charge on any atom is 0.306 e. The highest BCUT2D eigenvalue weighted by Crippen LogP contribution is 2.38. The van der Waals surface area contributed by atoms with Crippen molar-refractivity contribution in [3.05, 3.63) is 36.5 Å². The number of carbonyl (C=O) groups excluding carboxylic acids is 1. The number of unbranched alkanes of at least 4 members (excludes halogenated alkanes) is 18. The minimum absolute atomic E-state index is 0.0230. The number of likely N-dealkylation sites (N-methyl/N-ethyl adjacent to an activating group) is 1. The zero-order chi connectivity index (χ0) is 37.7. The molecule has 9 heteroatoms. The van der Waals surface area contributed by atoms with E-state index in [-0.39, 0.29) is 25.8 Å². The standard InChI is InChI=1S/C42H80NO7P/c1-6-8-10-12-14-16-18-20-22-23-25-27-29-31-33-35-42(44)50-41(40-49-51(45,46)48-38-36-43(3,4)5)39-47-37-34-32-30-28-26-24-21-19-17-15-13-11-9-7-2/h8,10,14,16,20,22,41H,6-7,9,11-13,15,17-19,21,23-40H2,1-5H3/b10-8-,16-14-,22-20-. The number of quaternary nitrogens is 1. The summed E-state index contributed by atoms with van der Waals surface area (Å²) in [6, 6.07) is 0. The van der Waals surface area contributed by atoms with Gasteiger partial charge in [0.25, 0.3) is 7.82 Å². The van der Waals surface area contributed by atoms with Gasteiger partial charge >= 0.3 is 5.97 Å². The summed E-state index contributed by atoms with van der Waals surface area (Å²) in [4.78, 5) is 25.0. The summed E-state index contributed by atoms with van der Waals surface area (Å²) < 4.78 is 34.5. The number of allylic oxidation sites excluding steroid dienone is 6. The minimum Gasteiger partial charge on any atom is -0.756 e. The van der Waals surface area contributed by atoms with Gasteiger partial charge in [0.2, 0.25) is 0 Å². The number of nitrogens with zero attached hydrogens (tertiary/aromatic N) is 1. The van der Waals surface area contributed by atoms with Gasteiger partial charge in [0.05, 0.1) is 34.4 Å². The van der Waals surface area contributed by atoms with E-state index in [4.69, 9.17) is 18.5 Å². The second-order valence-electron chi connectivity index (χ2n) is 15.0. The lowest BCUT2D eigenvalue weighted by Crippen LogP contribution is -2.37. The van der Waals surface area contributed by atoms with E-state index in [1.807, 2.05) is 21.1 Å². The lowest BCUT2D eigenvalue weighted by atomic mass is 10.0. The molecule has 2 atom stereocenters. The molecule has 0 aromatic rings. The molecular weight excluding hydrogens is 661 g/mol. The number of esters is 1. The molecule has 0 rings (SSSR count). The van der Waals surface area contributed by atoms with Crippen molar-refractivity contribution in [1.82, 2.24) is 0 Å². The fourth-order valence-electron chi connectivity index (χ4n) is 5.50. The van der Waals surface area contributed by atoms with Crippen LogP contribution in [0.5, 0.6) is 0 Å². The van der Waals surface area contributed by atoms with Gasteiger partial charge in [-0.2, -0.15) is 0 Å². The Hall–Kier alpha value is -1.28. The molecule has 0 heterocycles. The molecule has 0 saturated heterocycles. The van der Waals surface area contributed by atoms with Gasteiger partial charge in [0, 0.05) is 13.0 Å². The largest absolute Gasteiger partial charge is 0.756 e. The van der Waals surface area contributed by atoms with Crippen LogP contribution in [0.4, 0.5) is 0 Å². The molecule has 51 heavy (non-hydrogen) atoms. The number of rotatable bonds is 38. The van der Waals surface area contributed by atoms with Gasteiger partial charge in [0.1, 0.15) is 19.3 Å². The molecule has 0 aromatic carbocycles. The number of hydrogen-bond donors (Lipinski definition) is 0. The Balaban J connectivity index is 4.29. The zero-order valence-corrected chi connectivity index (χ0v) is 34.7. The Kier molecular flexibility index (Phi) is 34.8. The molecule has 0 aromatic heterocycles. The molecule has 0 saturated carbocycles. The van der Waals surface area contributed by atoms with Crippen LogP contribution in [0, 0.1) is 0 Å². The van der Waals surface area contributed by atoms with Crippen LogP contribution in [0.1, 0.15) is 168 Å². The first-order valence-electron chi connectivity index (χ1n) is 20.7. The third-order valence-corrected chi connectivity index (χ3v) is 9.67. The number of carbonyl (C=O) groups is 1. The van der Waals surface area contributed by atoms with E-state index >= 15 is 0 Å². The van der Waals surface area contributed by atoms with Gasteiger partial charge < -0.3 is 27.9 Å². The van der Waals surface area contributed by atoms with Crippen molar-refractivity contribution in [2.45, 2.75) is 174 Å². The molecule has 0 aliphatic carbocycles. The van der Waals surface area contributed by atoms with Gasteiger partial charge in [-0.1, -0.05) is 153 Å². The van der Waals surface area contributed by atoms with Crippen LogP contribution in [0.15, 0.2) is 36.5 Å². The first-order valence-corrected chi connectivity index (χ1v) is 22.2. The highest BCUT2D eigenvalue weighted by molar-refractivity contribution is 7.45. The summed E-state index contributed by atoms with van der Waals surface area (Å²) in [5.41, 5.74) is 0. The predicted molar refractivity (Wildman–Crippen MR) is 213 cm³/mol. The van der Waals surface area contributed by atoms with Crippen molar-refractivity contribution in [2.24, 2.45) is 0 Å². The van der Waals surface area contributed by atoms with Gasteiger partial charge in [-0.3, -0.25) is 9.36 Å². The molecule has 8 nitrogen and oxygen atoms in total. The summed E-state index contributed by atoms with van der Waals surface area (Å²) in [5, 5.41) is 0. The first kappa shape index (κ1) is 49.7. The van der Waals surface area contributed by atoms with E-state index in [2.05, 4.69) is 50.3 Å². The van der Waals surface area contributed by atoms with Crippen molar-refractivity contribution in [1.29, 1.82) is 0 Å². The van der Waals surface area contributed by atoms with Crippen molar-refractivity contribution < 1.29 is 37.3 Å². The van der Waals surface area contributed by atoms with E-state index < -0.39 is 13.9 Å². The molecule has 0 fully saturated rings. The summed E-state index contributed by atoms with van der Waals surface area (Å²) in [5.74, 6) is -0.350. The van der Waals surface area contributed by atoms with Crippen LogP contribution < -0.4 is 4.89 Å². The van der Waals surface area contributed by atoms with E-state index in [1.165, 1.54) is 77.0 Å². The van der Waals surface area contributed by atoms with Gasteiger partial charge in [0.15, 0.2) is 0 Å². The number of hydrogen-bond acceptors (Lipinski definition) is 7. The second kappa shape index (κ2) is 35.7. The highest BCUT2D eigenvalue weighted by atomic mass is 31.2. The van der Waals surface area contributed by atoms with Gasteiger partial charge in [-0.25, -0.2) is 0 Å². The van der Waals surface area contributed by atoms with Crippen LogP contribution in [-0.4, -0.2) is 70.7 Å². The van der Waals surface area contributed by atoms with E-state index in [0.717, 1.165) is 70.6 Å². The third kappa shape index (κ3) is 39.8. The monoisotopic (exact) mass is 742 g/mol. The molecular formula is C42H80NO7P. The Morgan fingerprint density at radius 3 is 1.71 bits per heavy atom. The Morgan fingerprint density at radius 1 is 0.627 bits per heavy atom. The smallest absolute Gasteiger partial charge is 0.306 e. The van der Waals surface area contributed by atoms with Crippen molar-refractivity contribution in [2.75, 3.05) is 54.1 Å². The highest BCUT2D eigenvalue weighted by Gasteiger charge is 2.20. The lowest BCUT2D eigenvalue weighted by molar-refractivity contribution is -0.870. The van der Waals surface area contributed by atoms with Crippen LogP contribution >= 0.6 is 7.82 Å². The fourth-order valence-corrected chi connectivity index (χ4v) is 6.23. The van der Waals surface area contributed by atoms with Crippen LogP contribution in [0.25, 0.3) is 0 Å². The summed E-state index contributed by atoms with van der Waals surface area (Å²) in [7, 11) is 1.34. The van der Waals surface area contributed by atoms with Crippen LogP contribution in [-0.2, 0) is 27.9 Å². The average molecular weight is 742 g/mol. The topological polar surface area (TPSA) is 94.1 Å². The summed E-state index contributed by atoms with van der Waals surface area (Å²) >= 11 is 0. The molecule has 0 aliphatic heterocycles. The molecule has 300 valence electrons. The van der Waals surface area contributed by atoms with Gasteiger partial charge in [-0.15, -0.1) is 0 Å². The minimum atomic E-state index is -4.52. The molecule has 2 unspecified atom stereocenters. The SMILES string of the molecule is CC/C=C\C/C=C\C/C=C\CCCCCCCC(=O)OC(COCCCCCCCCCCCCCCCC)COP(=O)([O-])OCC[N+](C)(C)C. The molecule has 0 amide bonds. The van der Waals surface area contributed by atoms with Crippen molar-refractivity contribution >= 4 is 13.8 Å². The Morgan fingerprint density at radius 2 is 1.14 bits per heavy atom. The molecule has 0 N–H and O–H groups in total. The van der Waals surface area contributed by atoms with Crippen molar-refractivity contribution in [3.63, 3.8) is 0 Å². The molecule has 0 bridgehead atoms. The predicted octanol–water partition coefficient (Wildman–Crippen LogP) is 11.2. The van der Waals surface area contributed by atoms with Gasteiger partial charge in [-0.05, 0) is 44.9 Å². The maximum absolute atomic E-state index is 12.6. The summed E-state index contributed by atoms with van der Waals surface area (Å²) in [6.45, 7) is 5.28. The van der Waals surface area contributed by atoms with Crippen molar-refractivity contribution in [3.8, 4) is 0 Å². The van der Waals surface area contributed by atoms with Crippen LogP contribution in [0.3, 0.4) is 0 Å². The number of ether oxygens (including phenoxy) is 2. The normalized spacial score (nSPS) is 14.2. The first-order chi connectivity index (χ1) is 24.6.